The fourth-order valence-electron chi connectivity index (χ4n) is 1.30. The Kier molecular flexibility index (Phi) is 3.89. The van der Waals surface area contributed by atoms with Crippen LogP contribution in [0.2, 0.25) is 5.02 Å². The van der Waals surface area contributed by atoms with E-state index >= 15 is 0 Å². The Morgan fingerprint density at radius 2 is 2.29 bits per heavy atom. The summed E-state index contributed by atoms with van der Waals surface area (Å²) in [5.74, 6) is -0.835. The van der Waals surface area contributed by atoms with Gasteiger partial charge in [0.05, 0.1) is 4.47 Å². The van der Waals surface area contributed by atoms with Crippen LogP contribution in [-0.2, 0) is 4.79 Å². The summed E-state index contributed by atoms with van der Waals surface area (Å²) in [5, 5.41) is 3.01. The van der Waals surface area contributed by atoms with Crippen molar-refractivity contribution in [3.63, 3.8) is 0 Å². The molecule has 0 heterocycles. The molecule has 0 radical (unpaired) electrons. The molecule has 0 aromatic heterocycles. The van der Waals surface area contributed by atoms with E-state index in [9.17, 15) is 9.18 Å². The third-order valence-corrected chi connectivity index (χ3v) is 3.06. The standard InChI is InChI=1S/C11H10BrClFNO2/c12-8-3-6(13)4-9(14)11(8)17-5-10(16)15-7-1-2-7/h3-4,7H,1-2,5H2,(H,15,16). The molecule has 0 spiro atoms. The molecule has 2 rings (SSSR count). The van der Waals surface area contributed by atoms with E-state index in [-0.39, 0.29) is 29.3 Å². The van der Waals surface area contributed by atoms with Crippen molar-refractivity contribution in [2.45, 2.75) is 18.9 Å². The highest BCUT2D eigenvalue weighted by atomic mass is 79.9. The highest BCUT2D eigenvalue weighted by Gasteiger charge is 2.23. The van der Waals surface area contributed by atoms with E-state index in [1.54, 1.807) is 0 Å². The first kappa shape index (κ1) is 12.6. The summed E-state index contributed by atoms with van der Waals surface area (Å²) in [6.45, 7) is -0.201. The zero-order valence-corrected chi connectivity index (χ0v) is 11.1. The Balaban J connectivity index is 1.95. The van der Waals surface area contributed by atoms with Gasteiger partial charge in [-0.2, -0.15) is 0 Å². The number of carbonyl (C=O) groups is 1. The smallest absolute Gasteiger partial charge is 0.258 e. The second-order valence-corrected chi connectivity index (χ2v) is 5.12. The summed E-state index contributed by atoms with van der Waals surface area (Å²) < 4.78 is 19.0. The van der Waals surface area contributed by atoms with Gasteiger partial charge in [-0.25, -0.2) is 4.39 Å². The molecule has 92 valence electrons. The van der Waals surface area contributed by atoms with Gasteiger partial charge >= 0.3 is 0 Å². The summed E-state index contributed by atoms with van der Waals surface area (Å²) in [5.41, 5.74) is 0. The fourth-order valence-corrected chi connectivity index (χ4v) is 2.19. The average Bonchev–Trinajstić information content (AvgIpc) is 2.99. The number of halogens is 3. The molecular weight excluding hydrogens is 312 g/mol. The molecule has 3 nitrogen and oxygen atoms in total. The van der Waals surface area contributed by atoms with Gasteiger partial charge in [0.2, 0.25) is 0 Å². The Morgan fingerprint density at radius 1 is 1.59 bits per heavy atom. The van der Waals surface area contributed by atoms with E-state index in [0.29, 0.717) is 4.47 Å². The number of hydrogen-bond acceptors (Lipinski definition) is 2. The van der Waals surface area contributed by atoms with Crippen molar-refractivity contribution in [2.75, 3.05) is 6.61 Å². The van der Waals surface area contributed by atoms with Gasteiger partial charge in [-0.15, -0.1) is 0 Å². The summed E-state index contributed by atoms with van der Waals surface area (Å²) >= 11 is 8.79. The highest BCUT2D eigenvalue weighted by molar-refractivity contribution is 9.10. The van der Waals surface area contributed by atoms with Crippen LogP contribution < -0.4 is 10.1 Å². The van der Waals surface area contributed by atoms with Crippen LogP contribution in [-0.4, -0.2) is 18.6 Å². The fraction of sp³-hybridized carbons (Fsp3) is 0.364. The molecule has 0 aliphatic heterocycles. The maximum Gasteiger partial charge on any atom is 0.258 e. The molecule has 1 aromatic carbocycles. The Hall–Kier alpha value is -0.810. The third-order valence-electron chi connectivity index (χ3n) is 2.25. The maximum absolute atomic E-state index is 13.5. The van der Waals surface area contributed by atoms with Crippen LogP contribution in [0.4, 0.5) is 4.39 Å². The van der Waals surface area contributed by atoms with Crippen molar-refractivity contribution in [1.29, 1.82) is 0 Å². The predicted octanol–water partition coefficient (Wildman–Crippen LogP) is 2.90. The van der Waals surface area contributed by atoms with Gasteiger partial charge in [0.15, 0.2) is 18.2 Å². The van der Waals surface area contributed by atoms with E-state index in [2.05, 4.69) is 21.2 Å². The Bertz CT molecular complexity index is 428. The number of rotatable bonds is 4. The van der Waals surface area contributed by atoms with Gasteiger partial charge in [0, 0.05) is 11.1 Å². The largest absolute Gasteiger partial charge is 0.480 e. The summed E-state index contributed by atoms with van der Waals surface area (Å²) in [4.78, 5) is 11.4. The SMILES string of the molecule is O=C(COc1c(F)cc(Cl)cc1Br)NC1CC1. The van der Waals surface area contributed by atoms with E-state index in [1.807, 2.05) is 0 Å². The summed E-state index contributed by atoms with van der Waals surface area (Å²) in [6.07, 6.45) is 2.01. The van der Waals surface area contributed by atoms with Crippen LogP contribution in [0, 0.1) is 5.82 Å². The van der Waals surface area contributed by atoms with Crippen LogP contribution in [0.5, 0.6) is 5.75 Å². The second kappa shape index (κ2) is 5.23. The molecular formula is C11H10BrClFNO2. The van der Waals surface area contributed by atoms with Crippen molar-refractivity contribution in [1.82, 2.24) is 5.32 Å². The molecule has 1 amide bonds. The Morgan fingerprint density at radius 3 is 2.88 bits per heavy atom. The number of hydrogen-bond donors (Lipinski definition) is 1. The van der Waals surface area contributed by atoms with Crippen LogP contribution in [0.15, 0.2) is 16.6 Å². The molecule has 1 N–H and O–H groups in total. The topological polar surface area (TPSA) is 38.3 Å². The zero-order chi connectivity index (χ0) is 12.4. The number of nitrogens with one attached hydrogen (secondary N) is 1. The van der Waals surface area contributed by atoms with E-state index in [1.165, 1.54) is 6.07 Å². The number of benzene rings is 1. The lowest BCUT2D eigenvalue weighted by Gasteiger charge is -2.09. The van der Waals surface area contributed by atoms with E-state index in [0.717, 1.165) is 18.9 Å². The normalized spacial score (nSPS) is 14.5. The quantitative estimate of drug-likeness (QED) is 0.925. The van der Waals surface area contributed by atoms with Gasteiger partial charge in [0.25, 0.3) is 5.91 Å². The minimum absolute atomic E-state index is 0.000321. The summed E-state index contributed by atoms with van der Waals surface area (Å²) in [7, 11) is 0. The van der Waals surface area contributed by atoms with Gasteiger partial charge in [-0.05, 0) is 40.9 Å². The highest BCUT2D eigenvalue weighted by Crippen LogP contribution is 2.31. The van der Waals surface area contributed by atoms with Gasteiger partial charge in [0.1, 0.15) is 0 Å². The molecule has 1 saturated carbocycles. The van der Waals surface area contributed by atoms with Gasteiger partial charge in [-0.1, -0.05) is 11.6 Å². The van der Waals surface area contributed by atoms with Crippen LogP contribution in [0.25, 0.3) is 0 Å². The van der Waals surface area contributed by atoms with E-state index in [4.69, 9.17) is 16.3 Å². The molecule has 17 heavy (non-hydrogen) atoms. The molecule has 0 atom stereocenters. The molecule has 0 unspecified atom stereocenters. The molecule has 0 bridgehead atoms. The van der Waals surface area contributed by atoms with Crippen LogP contribution in [0.1, 0.15) is 12.8 Å². The maximum atomic E-state index is 13.5. The van der Waals surface area contributed by atoms with Crippen LogP contribution >= 0.6 is 27.5 Å². The first-order valence-electron chi connectivity index (χ1n) is 5.13. The molecule has 1 fully saturated rings. The minimum atomic E-state index is -0.594. The number of amides is 1. The predicted molar refractivity (Wildman–Crippen MR) is 65.8 cm³/mol. The lowest BCUT2D eigenvalue weighted by molar-refractivity contribution is -0.123. The Labute approximate surface area is 111 Å². The average molecular weight is 323 g/mol. The number of ether oxygens (including phenoxy) is 1. The molecule has 6 heteroatoms. The molecule has 1 aromatic rings. The lowest BCUT2D eigenvalue weighted by atomic mass is 10.3. The minimum Gasteiger partial charge on any atom is -0.480 e. The van der Waals surface area contributed by atoms with E-state index < -0.39 is 5.82 Å². The zero-order valence-electron chi connectivity index (χ0n) is 8.80. The summed E-state index contributed by atoms with van der Waals surface area (Å²) in [6, 6.07) is 2.92. The monoisotopic (exact) mass is 321 g/mol. The second-order valence-electron chi connectivity index (χ2n) is 3.83. The van der Waals surface area contributed by atoms with Crippen molar-refractivity contribution >= 4 is 33.4 Å². The van der Waals surface area contributed by atoms with Gasteiger partial charge < -0.3 is 10.1 Å². The van der Waals surface area contributed by atoms with Crippen molar-refractivity contribution in [3.8, 4) is 5.75 Å². The van der Waals surface area contributed by atoms with Crippen molar-refractivity contribution in [2.24, 2.45) is 0 Å². The number of carbonyl (C=O) groups excluding carboxylic acids is 1. The molecule has 1 aliphatic carbocycles. The molecule has 1 aliphatic rings. The first-order chi connectivity index (χ1) is 8.06. The lowest BCUT2D eigenvalue weighted by Crippen LogP contribution is -2.30. The van der Waals surface area contributed by atoms with Crippen molar-refractivity contribution < 1.29 is 13.9 Å². The molecule has 0 saturated heterocycles. The van der Waals surface area contributed by atoms with Crippen molar-refractivity contribution in [3.05, 3.63) is 27.4 Å². The van der Waals surface area contributed by atoms with Gasteiger partial charge in [-0.3, -0.25) is 4.79 Å². The third kappa shape index (κ3) is 3.57. The van der Waals surface area contributed by atoms with Crippen LogP contribution in [0.3, 0.4) is 0 Å². The first-order valence-corrected chi connectivity index (χ1v) is 6.30.